The number of hydrogen-bond acceptors (Lipinski definition) is 3. The monoisotopic (exact) mass is 266 g/mol. The summed E-state index contributed by atoms with van der Waals surface area (Å²) >= 11 is 0. The molecule has 3 nitrogen and oxygen atoms in total. The molecular weight excluding hydrogens is 252 g/mol. The van der Waals surface area contributed by atoms with Crippen LogP contribution in [-0.4, -0.2) is 17.7 Å². The first-order valence-corrected chi connectivity index (χ1v) is 6.46. The van der Waals surface area contributed by atoms with E-state index in [1.807, 2.05) is 60.7 Å². The van der Waals surface area contributed by atoms with Gasteiger partial charge >= 0.3 is 5.97 Å². The van der Waals surface area contributed by atoms with Crippen LogP contribution in [0.5, 0.6) is 0 Å². The average Bonchev–Trinajstić information content (AvgIpc) is 2.82. The van der Waals surface area contributed by atoms with Crippen LogP contribution < -0.4 is 0 Å². The van der Waals surface area contributed by atoms with Gasteiger partial charge in [0, 0.05) is 5.92 Å². The molecule has 0 saturated heterocycles. The lowest BCUT2D eigenvalue weighted by Gasteiger charge is -2.17. The maximum Gasteiger partial charge on any atom is 0.338 e. The second kappa shape index (κ2) is 5.21. The molecule has 1 heterocycles. The van der Waals surface area contributed by atoms with Crippen molar-refractivity contribution in [3.8, 4) is 0 Å². The van der Waals surface area contributed by atoms with Crippen molar-refractivity contribution in [2.24, 2.45) is 0 Å². The number of esters is 1. The first-order chi connectivity index (χ1) is 9.77. The highest BCUT2D eigenvalue weighted by atomic mass is 16.5. The smallest absolute Gasteiger partial charge is 0.338 e. The van der Waals surface area contributed by atoms with Crippen molar-refractivity contribution >= 4 is 5.97 Å². The summed E-state index contributed by atoms with van der Waals surface area (Å²) in [4.78, 5) is 11.9. The standard InChI is InChI=1S/C17H14O3/c18-14-11-20-17(19)16(14)15(12-7-3-1-4-8-12)13-9-5-2-6-10-13/h1-10,15,18H,11H2. The number of carbonyl (C=O) groups excluding carboxylic acids is 1. The molecule has 0 amide bonds. The lowest BCUT2D eigenvalue weighted by atomic mass is 9.84. The minimum absolute atomic E-state index is 0.0210. The fraction of sp³-hybridized carbons (Fsp3) is 0.118. The van der Waals surface area contributed by atoms with Crippen molar-refractivity contribution in [1.82, 2.24) is 0 Å². The van der Waals surface area contributed by atoms with E-state index in [4.69, 9.17) is 4.74 Å². The van der Waals surface area contributed by atoms with Crippen LogP contribution in [0.4, 0.5) is 0 Å². The maximum absolute atomic E-state index is 11.9. The van der Waals surface area contributed by atoms with Gasteiger partial charge in [-0.05, 0) is 11.1 Å². The highest BCUT2D eigenvalue weighted by molar-refractivity contribution is 5.93. The Bertz CT molecular complexity index is 605. The van der Waals surface area contributed by atoms with Crippen LogP contribution in [0, 0.1) is 0 Å². The summed E-state index contributed by atoms with van der Waals surface area (Å²) in [5, 5.41) is 9.99. The molecule has 0 spiro atoms. The van der Waals surface area contributed by atoms with E-state index in [2.05, 4.69) is 0 Å². The van der Waals surface area contributed by atoms with Crippen molar-refractivity contribution < 1.29 is 14.6 Å². The molecule has 0 bridgehead atoms. The summed E-state index contributed by atoms with van der Waals surface area (Å²) in [5.74, 6) is -0.722. The van der Waals surface area contributed by atoms with Crippen molar-refractivity contribution in [3.05, 3.63) is 83.1 Å². The van der Waals surface area contributed by atoms with Gasteiger partial charge in [0.2, 0.25) is 0 Å². The first kappa shape index (κ1) is 12.5. The molecular formula is C17H14O3. The van der Waals surface area contributed by atoms with Crippen LogP contribution in [0.25, 0.3) is 0 Å². The average molecular weight is 266 g/mol. The van der Waals surface area contributed by atoms with Crippen LogP contribution in [0.15, 0.2) is 72.0 Å². The summed E-state index contributed by atoms with van der Waals surface area (Å²) in [7, 11) is 0. The molecule has 0 saturated carbocycles. The van der Waals surface area contributed by atoms with E-state index in [0.717, 1.165) is 11.1 Å². The number of carbonyl (C=O) groups is 1. The van der Waals surface area contributed by atoms with E-state index in [1.54, 1.807) is 0 Å². The third-order valence-electron chi connectivity index (χ3n) is 3.43. The fourth-order valence-electron chi connectivity index (χ4n) is 2.51. The summed E-state index contributed by atoms with van der Waals surface area (Å²) < 4.78 is 4.94. The number of rotatable bonds is 3. The molecule has 0 aliphatic carbocycles. The van der Waals surface area contributed by atoms with Crippen LogP contribution in [-0.2, 0) is 9.53 Å². The van der Waals surface area contributed by atoms with Gasteiger partial charge < -0.3 is 9.84 Å². The van der Waals surface area contributed by atoms with Gasteiger partial charge in [-0.1, -0.05) is 60.7 Å². The molecule has 20 heavy (non-hydrogen) atoms. The van der Waals surface area contributed by atoms with E-state index in [-0.39, 0.29) is 18.3 Å². The van der Waals surface area contributed by atoms with Gasteiger partial charge in [0.25, 0.3) is 0 Å². The Morgan fingerprint density at radius 3 is 1.80 bits per heavy atom. The molecule has 1 aliphatic rings. The lowest BCUT2D eigenvalue weighted by Crippen LogP contribution is -2.11. The molecule has 3 heteroatoms. The van der Waals surface area contributed by atoms with Gasteiger partial charge in [0.1, 0.15) is 12.4 Å². The summed E-state index contributed by atoms with van der Waals surface area (Å²) in [5.41, 5.74) is 2.25. The second-order valence-electron chi connectivity index (χ2n) is 4.69. The zero-order valence-electron chi connectivity index (χ0n) is 10.8. The zero-order chi connectivity index (χ0) is 13.9. The molecule has 0 unspecified atom stereocenters. The minimum atomic E-state index is -0.444. The topological polar surface area (TPSA) is 46.5 Å². The number of hydrogen-bond donors (Lipinski definition) is 1. The number of aliphatic hydroxyl groups excluding tert-OH is 1. The Labute approximate surface area is 117 Å². The Balaban J connectivity index is 2.15. The normalized spacial score (nSPS) is 14.8. The molecule has 0 radical (unpaired) electrons. The van der Waals surface area contributed by atoms with Gasteiger partial charge in [0.15, 0.2) is 0 Å². The lowest BCUT2D eigenvalue weighted by molar-refractivity contribution is -0.136. The predicted octanol–water partition coefficient (Wildman–Crippen LogP) is 3.19. The predicted molar refractivity (Wildman–Crippen MR) is 75.3 cm³/mol. The van der Waals surface area contributed by atoms with Gasteiger partial charge in [-0.2, -0.15) is 0 Å². The molecule has 2 aromatic rings. The van der Waals surface area contributed by atoms with E-state index in [0.29, 0.717) is 5.57 Å². The highest BCUT2D eigenvalue weighted by Crippen LogP contribution is 2.36. The second-order valence-corrected chi connectivity index (χ2v) is 4.69. The quantitative estimate of drug-likeness (QED) is 0.868. The third-order valence-corrected chi connectivity index (χ3v) is 3.43. The highest BCUT2D eigenvalue weighted by Gasteiger charge is 2.33. The maximum atomic E-state index is 11.9. The molecule has 0 atom stereocenters. The Morgan fingerprint density at radius 1 is 0.900 bits per heavy atom. The van der Waals surface area contributed by atoms with Crippen LogP contribution in [0.3, 0.4) is 0 Å². The Hall–Kier alpha value is -2.55. The van der Waals surface area contributed by atoms with Gasteiger partial charge in [0.05, 0.1) is 5.57 Å². The Kier molecular flexibility index (Phi) is 3.25. The molecule has 1 N–H and O–H groups in total. The molecule has 3 rings (SSSR count). The van der Waals surface area contributed by atoms with Crippen LogP contribution in [0.1, 0.15) is 17.0 Å². The van der Waals surface area contributed by atoms with Crippen molar-refractivity contribution in [1.29, 1.82) is 0 Å². The summed E-state index contributed by atoms with van der Waals surface area (Å²) in [6.45, 7) is -0.0374. The SMILES string of the molecule is O=C1OCC(O)=C1C(c1ccccc1)c1ccccc1. The zero-order valence-corrected chi connectivity index (χ0v) is 10.8. The molecule has 1 aliphatic heterocycles. The molecule has 100 valence electrons. The van der Waals surface area contributed by atoms with Crippen LogP contribution in [0.2, 0.25) is 0 Å². The van der Waals surface area contributed by atoms with E-state index >= 15 is 0 Å². The van der Waals surface area contributed by atoms with Gasteiger partial charge in [-0.3, -0.25) is 0 Å². The van der Waals surface area contributed by atoms with E-state index in [1.165, 1.54) is 0 Å². The van der Waals surface area contributed by atoms with Crippen molar-refractivity contribution in [2.75, 3.05) is 6.61 Å². The fourth-order valence-corrected chi connectivity index (χ4v) is 2.51. The number of cyclic esters (lactones) is 1. The molecule has 2 aromatic carbocycles. The first-order valence-electron chi connectivity index (χ1n) is 6.46. The number of benzene rings is 2. The molecule has 0 aromatic heterocycles. The molecule has 0 fully saturated rings. The van der Waals surface area contributed by atoms with E-state index in [9.17, 15) is 9.90 Å². The van der Waals surface area contributed by atoms with Crippen molar-refractivity contribution in [3.63, 3.8) is 0 Å². The van der Waals surface area contributed by atoms with Gasteiger partial charge in [-0.15, -0.1) is 0 Å². The number of aliphatic hydroxyl groups is 1. The summed E-state index contributed by atoms with van der Waals surface area (Å²) in [6.07, 6.45) is 0. The van der Waals surface area contributed by atoms with Crippen LogP contribution >= 0.6 is 0 Å². The van der Waals surface area contributed by atoms with Gasteiger partial charge in [-0.25, -0.2) is 4.79 Å². The Morgan fingerprint density at radius 2 is 1.40 bits per heavy atom. The van der Waals surface area contributed by atoms with Crippen molar-refractivity contribution in [2.45, 2.75) is 5.92 Å². The largest absolute Gasteiger partial charge is 0.508 e. The minimum Gasteiger partial charge on any atom is -0.508 e. The number of ether oxygens (including phenoxy) is 1. The third kappa shape index (κ3) is 2.18. The van der Waals surface area contributed by atoms with E-state index < -0.39 is 5.97 Å². The summed E-state index contributed by atoms with van der Waals surface area (Å²) in [6, 6.07) is 19.3.